The first kappa shape index (κ1) is 17.0. The number of halogens is 1. The number of benzene rings is 2. The largest absolute Gasteiger partial charge is 0.484 e. The van der Waals surface area contributed by atoms with E-state index in [0.717, 1.165) is 12.1 Å². The summed E-state index contributed by atoms with van der Waals surface area (Å²) in [4.78, 5) is 15.9. The molecule has 0 aliphatic carbocycles. The Morgan fingerprint density at radius 1 is 1.08 bits per heavy atom. The predicted molar refractivity (Wildman–Crippen MR) is 96.6 cm³/mol. The predicted octanol–water partition coefficient (Wildman–Crippen LogP) is 3.28. The zero-order valence-corrected chi connectivity index (χ0v) is 14.3. The van der Waals surface area contributed by atoms with E-state index in [-0.39, 0.29) is 12.5 Å². The summed E-state index contributed by atoms with van der Waals surface area (Å²) >= 11 is 5.80. The van der Waals surface area contributed by atoms with E-state index in [9.17, 15) is 4.79 Å². The maximum atomic E-state index is 11.9. The molecule has 3 aromatic rings. The number of nitrogens with one attached hydrogen (secondary N) is 1. The molecule has 1 heterocycles. The Kier molecular flexibility index (Phi) is 5.69. The number of amides is 1. The molecule has 25 heavy (non-hydrogen) atoms. The van der Waals surface area contributed by atoms with Crippen LogP contribution in [0.15, 0.2) is 67.3 Å². The molecule has 1 aromatic heterocycles. The number of aromatic nitrogens is 2. The van der Waals surface area contributed by atoms with Gasteiger partial charge >= 0.3 is 0 Å². The highest BCUT2D eigenvalue weighted by Crippen LogP contribution is 2.15. The molecule has 0 bridgehead atoms. The van der Waals surface area contributed by atoms with Crippen LogP contribution in [0.1, 0.15) is 11.1 Å². The van der Waals surface area contributed by atoms with Crippen LogP contribution in [-0.4, -0.2) is 22.1 Å². The summed E-state index contributed by atoms with van der Waals surface area (Å²) in [5.74, 6) is 0.445. The molecule has 0 unspecified atom stereocenters. The van der Waals surface area contributed by atoms with E-state index in [1.54, 1.807) is 36.8 Å². The number of carbonyl (C=O) groups is 1. The number of hydrogen-bond donors (Lipinski definition) is 1. The summed E-state index contributed by atoms with van der Waals surface area (Å²) in [6, 6.07) is 15.0. The minimum absolute atomic E-state index is 0.0274. The molecule has 0 atom stereocenters. The molecule has 0 spiro atoms. The Bertz CT molecular complexity index is 800. The second-order valence-corrected chi connectivity index (χ2v) is 6.01. The van der Waals surface area contributed by atoms with Crippen molar-refractivity contribution in [2.45, 2.75) is 13.1 Å². The highest BCUT2D eigenvalue weighted by molar-refractivity contribution is 6.30. The number of carbonyl (C=O) groups excluding carboxylic acids is 1. The molecule has 2 aromatic carbocycles. The van der Waals surface area contributed by atoms with Crippen molar-refractivity contribution in [3.05, 3.63) is 83.4 Å². The number of nitrogens with zero attached hydrogens (tertiary/aromatic N) is 2. The lowest BCUT2D eigenvalue weighted by Gasteiger charge is -2.08. The van der Waals surface area contributed by atoms with Crippen LogP contribution >= 0.6 is 11.6 Å². The van der Waals surface area contributed by atoms with Gasteiger partial charge < -0.3 is 14.6 Å². The quantitative estimate of drug-likeness (QED) is 0.707. The maximum Gasteiger partial charge on any atom is 0.258 e. The van der Waals surface area contributed by atoms with Gasteiger partial charge in [-0.05, 0) is 35.4 Å². The van der Waals surface area contributed by atoms with E-state index in [0.29, 0.717) is 17.3 Å². The normalized spacial score (nSPS) is 10.4. The lowest BCUT2D eigenvalue weighted by atomic mass is 10.1. The molecule has 1 N–H and O–H groups in total. The highest BCUT2D eigenvalue weighted by Gasteiger charge is 2.03. The van der Waals surface area contributed by atoms with E-state index < -0.39 is 0 Å². The molecule has 6 heteroatoms. The van der Waals surface area contributed by atoms with Crippen molar-refractivity contribution in [3.63, 3.8) is 0 Å². The van der Waals surface area contributed by atoms with Gasteiger partial charge in [0.2, 0.25) is 0 Å². The van der Waals surface area contributed by atoms with Crippen LogP contribution in [0, 0.1) is 0 Å². The average Bonchev–Trinajstić information content (AvgIpc) is 3.14. The van der Waals surface area contributed by atoms with Crippen LogP contribution in [0.4, 0.5) is 0 Å². The lowest BCUT2D eigenvalue weighted by Crippen LogP contribution is -2.28. The second kappa shape index (κ2) is 8.35. The van der Waals surface area contributed by atoms with Crippen LogP contribution < -0.4 is 10.1 Å². The van der Waals surface area contributed by atoms with E-state index in [1.807, 2.05) is 35.0 Å². The van der Waals surface area contributed by atoms with Crippen LogP contribution in [-0.2, 0) is 17.9 Å². The van der Waals surface area contributed by atoms with E-state index >= 15 is 0 Å². The van der Waals surface area contributed by atoms with Gasteiger partial charge in [0, 0.05) is 30.5 Å². The zero-order chi connectivity index (χ0) is 17.5. The minimum atomic E-state index is -0.169. The van der Waals surface area contributed by atoms with Gasteiger partial charge in [0.05, 0.1) is 6.33 Å². The summed E-state index contributed by atoms with van der Waals surface area (Å²) in [6.45, 7) is 1.22. The first-order valence-electron chi connectivity index (χ1n) is 7.88. The smallest absolute Gasteiger partial charge is 0.258 e. The maximum absolute atomic E-state index is 11.9. The highest BCUT2D eigenvalue weighted by atomic mass is 35.5. The van der Waals surface area contributed by atoms with E-state index in [4.69, 9.17) is 16.3 Å². The molecule has 0 saturated carbocycles. The van der Waals surface area contributed by atoms with Gasteiger partial charge in [-0.15, -0.1) is 0 Å². The van der Waals surface area contributed by atoms with Crippen molar-refractivity contribution in [2.75, 3.05) is 6.61 Å². The van der Waals surface area contributed by atoms with Crippen LogP contribution in [0.5, 0.6) is 5.75 Å². The molecular weight excluding hydrogens is 338 g/mol. The second-order valence-electron chi connectivity index (χ2n) is 5.57. The Morgan fingerprint density at radius 2 is 1.80 bits per heavy atom. The molecule has 5 nitrogen and oxygen atoms in total. The Hall–Kier alpha value is -2.79. The summed E-state index contributed by atoms with van der Waals surface area (Å²) in [7, 11) is 0. The van der Waals surface area contributed by atoms with Crippen LogP contribution in [0.2, 0.25) is 5.02 Å². The summed E-state index contributed by atoms with van der Waals surface area (Å²) in [5, 5.41) is 3.47. The third-order valence-electron chi connectivity index (χ3n) is 3.62. The molecule has 0 aliphatic rings. The van der Waals surface area contributed by atoms with Gasteiger partial charge in [-0.2, -0.15) is 0 Å². The number of imidazole rings is 1. The summed E-state index contributed by atoms with van der Waals surface area (Å²) in [6.07, 6.45) is 5.47. The van der Waals surface area contributed by atoms with Crippen LogP contribution in [0.3, 0.4) is 0 Å². The number of rotatable bonds is 7. The summed E-state index contributed by atoms with van der Waals surface area (Å²) in [5.41, 5.74) is 2.22. The molecule has 128 valence electrons. The molecule has 0 aliphatic heterocycles. The fourth-order valence-electron chi connectivity index (χ4n) is 2.28. The molecule has 0 fully saturated rings. The van der Waals surface area contributed by atoms with Gasteiger partial charge in [-0.1, -0.05) is 35.9 Å². The van der Waals surface area contributed by atoms with Gasteiger partial charge in [-0.25, -0.2) is 4.98 Å². The first-order valence-corrected chi connectivity index (χ1v) is 8.25. The zero-order valence-electron chi connectivity index (χ0n) is 13.6. The van der Waals surface area contributed by atoms with Crippen molar-refractivity contribution in [1.29, 1.82) is 0 Å². The molecule has 1 amide bonds. The van der Waals surface area contributed by atoms with Gasteiger partial charge in [-0.3, -0.25) is 4.79 Å². The first-order chi connectivity index (χ1) is 12.2. The van der Waals surface area contributed by atoms with Crippen molar-refractivity contribution in [3.8, 4) is 5.75 Å². The van der Waals surface area contributed by atoms with Crippen molar-refractivity contribution >= 4 is 17.5 Å². The number of ether oxygens (including phenoxy) is 1. The lowest BCUT2D eigenvalue weighted by molar-refractivity contribution is -0.123. The average molecular weight is 356 g/mol. The van der Waals surface area contributed by atoms with Crippen molar-refractivity contribution in [1.82, 2.24) is 14.9 Å². The van der Waals surface area contributed by atoms with Crippen molar-refractivity contribution < 1.29 is 9.53 Å². The van der Waals surface area contributed by atoms with Gasteiger partial charge in [0.15, 0.2) is 6.61 Å². The molecule has 0 saturated heterocycles. The molecule has 3 rings (SSSR count). The third-order valence-corrected chi connectivity index (χ3v) is 3.87. The fraction of sp³-hybridized carbons (Fsp3) is 0.158. The van der Waals surface area contributed by atoms with Gasteiger partial charge in [0.1, 0.15) is 5.75 Å². The topological polar surface area (TPSA) is 56.1 Å². The fourth-order valence-corrected chi connectivity index (χ4v) is 2.41. The summed E-state index contributed by atoms with van der Waals surface area (Å²) < 4.78 is 7.41. The standard InChI is InChI=1S/C19H18ClN3O2/c20-17-5-7-18(8-6-17)25-13-19(24)22-11-15-1-3-16(4-2-15)12-23-10-9-21-14-23/h1-10,14H,11-13H2,(H,22,24). The van der Waals surface area contributed by atoms with Gasteiger partial charge in [0.25, 0.3) is 5.91 Å². The SMILES string of the molecule is O=C(COc1ccc(Cl)cc1)NCc1ccc(Cn2ccnc2)cc1. The molecule has 0 radical (unpaired) electrons. The van der Waals surface area contributed by atoms with E-state index in [1.165, 1.54) is 5.56 Å². The Morgan fingerprint density at radius 3 is 2.48 bits per heavy atom. The molecular formula is C19H18ClN3O2. The van der Waals surface area contributed by atoms with Crippen LogP contribution in [0.25, 0.3) is 0 Å². The Balaban J connectivity index is 1.43. The Labute approximate surface area is 151 Å². The monoisotopic (exact) mass is 355 g/mol. The van der Waals surface area contributed by atoms with Crippen molar-refractivity contribution in [2.24, 2.45) is 0 Å². The minimum Gasteiger partial charge on any atom is -0.484 e. The number of hydrogen-bond acceptors (Lipinski definition) is 3. The third kappa shape index (κ3) is 5.36. The van der Waals surface area contributed by atoms with E-state index in [2.05, 4.69) is 10.3 Å².